The zero-order chi connectivity index (χ0) is 15.5. The Labute approximate surface area is 134 Å². The van der Waals surface area contributed by atoms with Crippen LogP contribution in [-0.2, 0) is 10.0 Å². The first kappa shape index (κ1) is 16.7. The number of anilines is 1. The first-order valence-electron chi connectivity index (χ1n) is 7.03. The van der Waals surface area contributed by atoms with Crippen molar-refractivity contribution in [1.82, 2.24) is 0 Å². The van der Waals surface area contributed by atoms with Crippen molar-refractivity contribution in [2.45, 2.75) is 37.0 Å². The van der Waals surface area contributed by atoms with E-state index in [1.165, 1.54) is 18.6 Å². The van der Waals surface area contributed by atoms with E-state index >= 15 is 0 Å². The molecule has 1 saturated carbocycles. The first-order valence-corrected chi connectivity index (χ1v) is 9.37. The van der Waals surface area contributed by atoms with E-state index < -0.39 is 10.0 Å². The molecule has 1 aliphatic rings. The van der Waals surface area contributed by atoms with Crippen molar-refractivity contribution in [3.05, 3.63) is 22.7 Å². The van der Waals surface area contributed by atoms with Crippen LogP contribution >= 0.6 is 15.9 Å². The van der Waals surface area contributed by atoms with Crippen molar-refractivity contribution in [2.24, 2.45) is 10.6 Å². The number of hydrogen-bond donors (Lipinski definition) is 3. The maximum absolute atomic E-state index is 11.3. The fraction of sp³-hybridized carbons (Fsp3) is 0.571. The van der Waals surface area contributed by atoms with Gasteiger partial charge in [-0.25, -0.2) is 13.6 Å². The summed E-state index contributed by atoms with van der Waals surface area (Å²) in [5, 5.41) is 18.1. The van der Waals surface area contributed by atoms with Crippen molar-refractivity contribution >= 4 is 31.6 Å². The molecule has 5 nitrogen and oxygen atoms in total. The van der Waals surface area contributed by atoms with Crippen LogP contribution in [0, 0.1) is 5.41 Å². The largest absolute Gasteiger partial charge is 0.396 e. The third-order valence-electron chi connectivity index (χ3n) is 4.17. The average Bonchev–Trinajstić information content (AvgIpc) is 2.46. The monoisotopic (exact) mass is 376 g/mol. The molecule has 4 N–H and O–H groups in total. The van der Waals surface area contributed by atoms with Crippen LogP contribution in [0.5, 0.6) is 0 Å². The third kappa shape index (κ3) is 4.18. The van der Waals surface area contributed by atoms with E-state index in [2.05, 4.69) is 21.2 Å². The predicted molar refractivity (Wildman–Crippen MR) is 86.6 cm³/mol. The van der Waals surface area contributed by atoms with Crippen LogP contribution in [0.4, 0.5) is 5.69 Å². The second-order valence-corrected chi connectivity index (χ2v) is 8.17. The van der Waals surface area contributed by atoms with Crippen LogP contribution in [-0.4, -0.2) is 26.7 Å². The number of aliphatic hydroxyl groups is 1. The molecule has 0 saturated heterocycles. The van der Waals surface area contributed by atoms with Gasteiger partial charge >= 0.3 is 0 Å². The zero-order valence-corrected chi connectivity index (χ0v) is 14.2. The normalized spacial score (nSPS) is 18.4. The lowest BCUT2D eigenvalue weighted by atomic mass is 9.74. The van der Waals surface area contributed by atoms with E-state index in [1.807, 2.05) is 0 Å². The Hall–Kier alpha value is -0.630. The van der Waals surface area contributed by atoms with Gasteiger partial charge in [0, 0.05) is 22.1 Å². The van der Waals surface area contributed by atoms with Crippen LogP contribution in [0.1, 0.15) is 32.1 Å². The van der Waals surface area contributed by atoms with Crippen LogP contribution < -0.4 is 10.5 Å². The highest BCUT2D eigenvalue weighted by molar-refractivity contribution is 9.10. The van der Waals surface area contributed by atoms with E-state index in [1.54, 1.807) is 6.07 Å². The minimum absolute atomic E-state index is 0.0731. The lowest BCUT2D eigenvalue weighted by Crippen LogP contribution is -2.35. The molecular formula is C14H21BrN2O3S. The molecule has 0 aliphatic heterocycles. The van der Waals surface area contributed by atoms with Crippen LogP contribution in [0.3, 0.4) is 0 Å². The van der Waals surface area contributed by atoms with Gasteiger partial charge in [-0.2, -0.15) is 0 Å². The Bertz CT molecular complexity index is 598. The van der Waals surface area contributed by atoms with Crippen molar-refractivity contribution in [3.8, 4) is 0 Å². The molecule has 0 aromatic heterocycles. The summed E-state index contributed by atoms with van der Waals surface area (Å²) >= 11 is 3.36. The number of nitrogens with two attached hydrogens (primary N) is 1. The van der Waals surface area contributed by atoms with Crippen molar-refractivity contribution in [1.29, 1.82) is 0 Å². The van der Waals surface area contributed by atoms with Gasteiger partial charge in [0.05, 0.1) is 11.5 Å². The smallest absolute Gasteiger partial charge is 0.238 e. The number of nitrogens with one attached hydrogen (secondary N) is 1. The van der Waals surface area contributed by atoms with Crippen LogP contribution in [0.2, 0.25) is 0 Å². The fourth-order valence-corrected chi connectivity index (χ4v) is 4.00. The van der Waals surface area contributed by atoms with Gasteiger partial charge in [-0.15, -0.1) is 0 Å². The summed E-state index contributed by atoms with van der Waals surface area (Å²) in [6.07, 6.45) is 5.56. The highest BCUT2D eigenvalue weighted by atomic mass is 79.9. The van der Waals surface area contributed by atoms with Gasteiger partial charge < -0.3 is 10.4 Å². The quantitative estimate of drug-likeness (QED) is 0.735. The summed E-state index contributed by atoms with van der Waals surface area (Å²) in [7, 11) is -3.69. The molecule has 21 heavy (non-hydrogen) atoms. The molecule has 0 bridgehead atoms. The molecule has 0 spiro atoms. The average molecular weight is 377 g/mol. The molecule has 118 valence electrons. The summed E-state index contributed by atoms with van der Waals surface area (Å²) in [6, 6.07) is 4.66. The number of benzene rings is 1. The summed E-state index contributed by atoms with van der Waals surface area (Å²) in [4.78, 5) is 0.0782. The van der Waals surface area contributed by atoms with Crippen molar-refractivity contribution in [3.63, 3.8) is 0 Å². The number of aliphatic hydroxyl groups excluding tert-OH is 1. The Morgan fingerprint density at radius 1 is 1.29 bits per heavy atom. The number of halogens is 1. The first-order chi connectivity index (χ1) is 9.86. The SMILES string of the molecule is NS(=O)(=O)c1ccc(NCC2(CO)CCCCC2)c(Br)c1. The molecular weight excluding hydrogens is 356 g/mol. The van der Waals surface area contributed by atoms with E-state index in [9.17, 15) is 13.5 Å². The number of sulfonamides is 1. The lowest BCUT2D eigenvalue weighted by molar-refractivity contribution is 0.0944. The van der Waals surface area contributed by atoms with Gasteiger partial charge in [0.15, 0.2) is 0 Å². The molecule has 7 heteroatoms. The second-order valence-electron chi connectivity index (χ2n) is 5.76. The molecule has 1 aromatic rings. The van der Waals surface area contributed by atoms with Gasteiger partial charge in [0.2, 0.25) is 10.0 Å². The molecule has 1 aromatic carbocycles. The topological polar surface area (TPSA) is 92.4 Å². The van der Waals surface area contributed by atoms with E-state index in [-0.39, 0.29) is 16.9 Å². The van der Waals surface area contributed by atoms with Gasteiger partial charge in [-0.1, -0.05) is 19.3 Å². The molecule has 0 radical (unpaired) electrons. The zero-order valence-electron chi connectivity index (χ0n) is 11.8. The second kappa shape index (κ2) is 6.64. The summed E-state index contributed by atoms with van der Waals surface area (Å²) < 4.78 is 23.3. The van der Waals surface area contributed by atoms with E-state index in [0.717, 1.165) is 31.4 Å². The number of primary sulfonamides is 1. The van der Waals surface area contributed by atoms with E-state index in [4.69, 9.17) is 5.14 Å². The van der Waals surface area contributed by atoms with Crippen LogP contribution in [0.15, 0.2) is 27.6 Å². The van der Waals surface area contributed by atoms with E-state index in [0.29, 0.717) is 11.0 Å². The number of rotatable bonds is 5. The Morgan fingerprint density at radius 2 is 1.95 bits per heavy atom. The maximum Gasteiger partial charge on any atom is 0.238 e. The maximum atomic E-state index is 11.3. The Balaban J connectivity index is 2.09. The summed E-state index contributed by atoms with van der Waals surface area (Å²) in [6.45, 7) is 0.851. The minimum Gasteiger partial charge on any atom is -0.396 e. The fourth-order valence-electron chi connectivity index (χ4n) is 2.79. The molecule has 1 fully saturated rings. The molecule has 0 unspecified atom stereocenters. The van der Waals surface area contributed by atoms with Gasteiger partial charge in [-0.3, -0.25) is 0 Å². The summed E-state index contributed by atoms with van der Waals surface area (Å²) in [5.74, 6) is 0. The lowest BCUT2D eigenvalue weighted by Gasteiger charge is -2.36. The highest BCUT2D eigenvalue weighted by Gasteiger charge is 2.31. The van der Waals surface area contributed by atoms with Crippen LogP contribution in [0.25, 0.3) is 0 Å². The Morgan fingerprint density at radius 3 is 2.48 bits per heavy atom. The summed E-state index contributed by atoms with van der Waals surface area (Å²) in [5.41, 5.74) is 0.733. The number of hydrogen-bond acceptors (Lipinski definition) is 4. The van der Waals surface area contributed by atoms with Gasteiger partial charge in [0.25, 0.3) is 0 Å². The molecule has 0 atom stereocenters. The van der Waals surface area contributed by atoms with Gasteiger partial charge in [0.1, 0.15) is 0 Å². The van der Waals surface area contributed by atoms with Crippen molar-refractivity contribution < 1.29 is 13.5 Å². The highest BCUT2D eigenvalue weighted by Crippen LogP contribution is 2.36. The minimum atomic E-state index is -3.69. The molecule has 0 heterocycles. The third-order valence-corrected chi connectivity index (χ3v) is 5.74. The van der Waals surface area contributed by atoms with Gasteiger partial charge in [-0.05, 0) is 47.0 Å². The Kier molecular flexibility index (Phi) is 5.29. The standard InChI is InChI=1S/C14H21BrN2O3S/c15-12-8-11(21(16,19)20)4-5-13(12)17-9-14(10-18)6-2-1-3-7-14/h4-5,8,17-18H,1-3,6-7,9-10H2,(H2,16,19,20). The predicted octanol–water partition coefficient (Wildman–Crippen LogP) is 2.45. The molecule has 1 aliphatic carbocycles. The van der Waals surface area contributed by atoms with Crippen molar-refractivity contribution in [2.75, 3.05) is 18.5 Å². The molecule has 2 rings (SSSR count). The molecule has 0 amide bonds.